The van der Waals surface area contributed by atoms with Crippen LogP contribution in [0.25, 0.3) is 0 Å². The van der Waals surface area contributed by atoms with Crippen LogP contribution in [0.15, 0.2) is 93.8 Å². The van der Waals surface area contributed by atoms with E-state index in [-0.39, 0.29) is 17.6 Å². The molecule has 0 aliphatic rings. The molecule has 30 heavy (non-hydrogen) atoms. The minimum absolute atomic E-state index is 0.199. The fourth-order valence-corrected chi connectivity index (χ4v) is 3.63. The Morgan fingerprint density at radius 2 is 1.87 bits per heavy atom. The van der Waals surface area contributed by atoms with Crippen LogP contribution >= 0.6 is 11.8 Å². The Morgan fingerprint density at radius 3 is 2.63 bits per heavy atom. The number of rotatable bonds is 6. The number of hydrogen-bond acceptors (Lipinski definition) is 5. The zero-order valence-corrected chi connectivity index (χ0v) is 16.8. The highest BCUT2D eigenvalue weighted by molar-refractivity contribution is 7.99. The first-order valence-electron chi connectivity index (χ1n) is 9.10. The van der Waals surface area contributed by atoms with E-state index in [4.69, 9.17) is 4.42 Å². The van der Waals surface area contributed by atoms with E-state index in [1.165, 1.54) is 18.0 Å². The summed E-state index contributed by atoms with van der Waals surface area (Å²) in [7, 11) is 1.92. The van der Waals surface area contributed by atoms with Crippen LogP contribution in [0.1, 0.15) is 20.9 Å². The van der Waals surface area contributed by atoms with E-state index in [9.17, 15) is 9.59 Å². The van der Waals surface area contributed by atoms with Crippen molar-refractivity contribution in [3.8, 4) is 0 Å². The summed E-state index contributed by atoms with van der Waals surface area (Å²) in [5.74, 6) is -0.462. The summed E-state index contributed by atoms with van der Waals surface area (Å²) in [5, 5.41) is 6.48. The van der Waals surface area contributed by atoms with Gasteiger partial charge in [-0.2, -0.15) is 0 Å². The Morgan fingerprint density at radius 1 is 1.00 bits per heavy atom. The number of hydrogen-bond donors (Lipinski definition) is 2. The van der Waals surface area contributed by atoms with Gasteiger partial charge in [-0.15, -0.1) is 0 Å². The lowest BCUT2D eigenvalue weighted by atomic mass is 10.1. The number of aromatic nitrogens is 2. The predicted molar refractivity (Wildman–Crippen MR) is 115 cm³/mol. The molecule has 0 atom stereocenters. The second-order valence-electron chi connectivity index (χ2n) is 6.39. The van der Waals surface area contributed by atoms with Crippen LogP contribution in [0.2, 0.25) is 0 Å². The molecule has 2 amide bonds. The van der Waals surface area contributed by atoms with Crippen molar-refractivity contribution in [3.05, 3.63) is 90.6 Å². The first kappa shape index (κ1) is 19.5. The summed E-state index contributed by atoms with van der Waals surface area (Å²) in [4.78, 5) is 30.2. The summed E-state index contributed by atoms with van der Waals surface area (Å²) in [5.41, 5.74) is 1.60. The number of para-hydroxylation sites is 1. The quantitative estimate of drug-likeness (QED) is 0.475. The molecule has 0 unspecified atom stereocenters. The highest BCUT2D eigenvalue weighted by Crippen LogP contribution is 2.32. The maximum atomic E-state index is 12.8. The number of carbonyl (C=O) groups excluding carboxylic acids is 2. The molecule has 0 aliphatic carbocycles. The van der Waals surface area contributed by atoms with Crippen LogP contribution in [0.5, 0.6) is 0 Å². The number of carbonyl (C=O) groups is 2. The van der Waals surface area contributed by atoms with E-state index in [0.717, 1.165) is 10.1 Å². The van der Waals surface area contributed by atoms with E-state index >= 15 is 0 Å². The Hall–Kier alpha value is -3.78. The molecule has 0 spiro atoms. The van der Waals surface area contributed by atoms with E-state index in [0.29, 0.717) is 16.9 Å². The Kier molecular flexibility index (Phi) is 5.67. The number of furan rings is 1. The minimum atomic E-state index is -0.380. The molecule has 0 radical (unpaired) electrons. The maximum Gasteiger partial charge on any atom is 0.291 e. The lowest BCUT2D eigenvalue weighted by Gasteiger charge is -2.11. The SMILES string of the molecule is Cn1ccnc1Sc1ccccc1NC(=O)c1cccc(NC(=O)c2ccco2)c1. The topological polar surface area (TPSA) is 89.2 Å². The monoisotopic (exact) mass is 418 g/mol. The average Bonchev–Trinajstić information content (AvgIpc) is 3.42. The molecule has 0 aliphatic heterocycles. The van der Waals surface area contributed by atoms with Gasteiger partial charge in [-0.05, 0) is 54.2 Å². The van der Waals surface area contributed by atoms with Crippen LogP contribution in [-0.2, 0) is 7.05 Å². The summed E-state index contributed by atoms with van der Waals surface area (Å²) < 4.78 is 7.00. The Bertz CT molecular complexity index is 1180. The van der Waals surface area contributed by atoms with Gasteiger partial charge in [0.2, 0.25) is 0 Å². The van der Waals surface area contributed by atoms with Gasteiger partial charge < -0.3 is 19.6 Å². The molecule has 2 heterocycles. The fourth-order valence-electron chi connectivity index (χ4n) is 2.74. The number of aryl methyl sites for hydroxylation is 1. The number of nitrogens with one attached hydrogen (secondary N) is 2. The second-order valence-corrected chi connectivity index (χ2v) is 7.39. The van der Waals surface area contributed by atoms with Gasteiger partial charge in [-0.1, -0.05) is 18.2 Å². The maximum absolute atomic E-state index is 12.8. The molecule has 4 aromatic rings. The van der Waals surface area contributed by atoms with Gasteiger partial charge in [-0.3, -0.25) is 9.59 Å². The number of benzene rings is 2. The molecule has 2 N–H and O–H groups in total. The van der Waals surface area contributed by atoms with Crippen molar-refractivity contribution in [2.45, 2.75) is 10.1 Å². The van der Waals surface area contributed by atoms with Gasteiger partial charge >= 0.3 is 0 Å². The van der Waals surface area contributed by atoms with Gasteiger partial charge in [0.15, 0.2) is 10.9 Å². The third-order valence-corrected chi connectivity index (χ3v) is 5.39. The molecule has 0 fully saturated rings. The lowest BCUT2D eigenvalue weighted by molar-refractivity contribution is 0.0993. The van der Waals surface area contributed by atoms with Crippen LogP contribution < -0.4 is 10.6 Å². The van der Waals surface area contributed by atoms with Gasteiger partial charge in [0.1, 0.15) is 0 Å². The summed E-state index contributed by atoms with van der Waals surface area (Å²) in [6.45, 7) is 0. The molecule has 7 nitrogen and oxygen atoms in total. The molecule has 2 aromatic heterocycles. The van der Waals surface area contributed by atoms with Gasteiger partial charge in [-0.25, -0.2) is 4.98 Å². The molecule has 0 saturated carbocycles. The molecule has 4 rings (SSSR count). The predicted octanol–water partition coefficient (Wildman–Crippen LogP) is 4.67. The van der Waals surface area contributed by atoms with Crippen molar-refractivity contribution in [3.63, 3.8) is 0 Å². The Labute approximate surface area is 177 Å². The molecule has 150 valence electrons. The van der Waals surface area contributed by atoms with Crippen LogP contribution in [0.3, 0.4) is 0 Å². The van der Waals surface area contributed by atoms with E-state index in [1.54, 1.807) is 42.6 Å². The third kappa shape index (κ3) is 4.44. The number of nitrogens with zero attached hydrogens (tertiary/aromatic N) is 2. The summed E-state index contributed by atoms with van der Waals surface area (Å²) >= 11 is 1.46. The van der Waals surface area contributed by atoms with Crippen LogP contribution in [0.4, 0.5) is 11.4 Å². The first-order valence-corrected chi connectivity index (χ1v) is 9.92. The summed E-state index contributed by atoms with van der Waals surface area (Å²) in [6, 6.07) is 17.5. The third-order valence-electron chi connectivity index (χ3n) is 4.24. The fraction of sp³-hybridized carbons (Fsp3) is 0.0455. The van der Waals surface area contributed by atoms with Crippen molar-refractivity contribution in [2.24, 2.45) is 7.05 Å². The van der Waals surface area contributed by atoms with Gasteiger partial charge in [0, 0.05) is 35.6 Å². The van der Waals surface area contributed by atoms with E-state index in [1.807, 2.05) is 42.1 Å². The normalized spacial score (nSPS) is 10.6. The van der Waals surface area contributed by atoms with E-state index in [2.05, 4.69) is 15.6 Å². The van der Waals surface area contributed by atoms with Crippen molar-refractivity contribution in [1.29, 1.82) is 0 Å². The minimum Gasteiger partial charge on any atom is -0.459 e. The van der Waals surface area contributed by atoms with E-state index < -0.39 is 0 Å². The first-order chi connectivity index (χ1) is 14.6. The standard InChI is InChI=1S/C22H18N4O3S/c1-26-12-11-23-22(26)30-19-10-3-2-8-17(19)25-20(27)15-6-4-7-16(14-15)24-21(28)18-9-5-13-29-18/h2-14H,1H3,(H,24,28)(H,25,27). The van der Waals surface area contributed by atoms with Crippen molar-refractivity contribution >= 4 is 35.0 Å². The average molecular weight is 418 g/mol. The highest BCUT2D eigenvalue weighted by atomic mass is 32.2. The smallest absolute Gasteiger partial charge is 0.291 e. The second kappa shape index (κ2) is 8.71. The van der Waals surface area contributed by atoms with Crippen LogP contribution in [-0.4, -0.2) is 21.4 Å². The van der Waals surface area contributed by atoms with Crippen LogP contribution in [0, 0.1) is 0 Å². The van der Waals surface area contributed by atoms with Crippen molar-refractivity contribution < 1.29 is 14.0 Å². The zero-order chi connectivity index (χ0) is 20.9. The Balaban J connectivity index is 1.49. The van der Waals surface area contributed by atoms with Crippen molar-refractivity contribution in [2.75, 3.05) is 10.6 Å². The number of anilines is 2. The molecule has 0 saturated heterocycles. The molecule has 2 aromatic carbocycles. The number of imidazole rings is 1. The number of amides is 2. The molecule has 0 bridgehead atoms. The molecular formula is C22H18N4O3S. The molecule has 8 heteroatoms. The van der Waals surface area contributed by atoms with Gasteiger partial charge in [0.25, 0.3) is 11.8 Å². The van der Waals surface area contributed by atoms with Gasteiger partial charge in [0.05, 0.1) is 12.0 Å². The molecular weight excluding hydrogens is 400 g/mol. The largest absolute Gasteiger partial charge is 0.459 e. The summed E-state index contributed by atoms with van der Waals surface area (Å²) in [6.07, 6.45) is 5.03. The highest BCUT2D eigenvalue weighted by Gasteiger charge is 2.13. The zero-order valence-electron chi connectivity index (χ0n) is 16.0. The van der Waals surface area contributed by atoms with Crippen molar-refractivity contribution in [1.82, 2.24) is 9.55 Å². The lowest BCUT2D eigenvalue weighted by Crippen LogP contribution is -2.14.